The molecule has 2 aliphatic heterocycles. The summed E-state index contributed by atoms with van der Waals surface area (Å²) >= 11 is 0. The Hall–Kier alpha value is -1.82. The Morgan fingerprint density at radius 2 is 1.88 bits per heavy atom. The van der Waals surface area contributed by atoms with Gasteiger partial charge in [-0.25, -0.2) is 0 Å². The zero-order valence-electron chi connectivity index (χ0n) is 21.4. The van der Waals surface area contributed by atoms with E-state index in [4.69, 9.17) is 14.5 Å². The van der Waals surface area contributed by atoms with Gasteiger partial charge in [0.1, 0.15) is 5.60 Å². The third kappa shape index (κ3) is 4.23. The number of ether oxygens (including phenoxy) is 2. The Balaban J connectivity index is 0.00000193. The second-order valence-electron chi connectivity index (χ2n) is 10.4. The van der Waals surface area contributed by atoms with Gasteiger partial charge in [-0.1, -0.05) is 18.2 Å². The van der Waals surface area contributed by atoms with Crippen molar-refractivity contribution in [2.75, 3.05) is 7.11 Å². The average Bonchev–Trinajstić information content (AvgIpc) is 3.00. The normalized spacial score (nSPS) is 17.9. The minimum absolute atomic E-state index is 0. The Labute approximate surface area is 214 Å². The first-order valence-corrected chi connectivity index (χ1v) is 10.7. The standard InChI is InChI=1S/C26H31NO4.Na.H/c1-24(2)13-16-12-19(30-7)22-18(14-25(3,4)31-22)20(16)21(27-24)15-9-8-10-17(11-15)26(5,6)23(28)29;;/h8-12H,13-14H2,1-7H3,(H,28,29);;/q;+1;-1. The van der Waals surface area contributed by atoms with Gasteiger partial charge in [-0.05, 0) is 71.2 Å². The van der Waals surface area contributed by atoms with Crippen LogP contribution >= 0.6 is 0 Å². The molecule has 0 saturated carbocycles. The fourth-order valence-electron chi connectivity index (χ4n) is 4.61. The van der Waals surface area contributed by atoms with Crippen LogP contribution in [0.4, 0.5) is 0 Å². The summed E-state index contributed by atoms with van der Waals surface area (Å²) in [6.07, 6.45) is 1.57. The van der Waals surface area contributed by atoms with Gasteiger partial charge in [0.15, 0.2) is 11.5 Å². The van der Waals surface area contributed by atoms with Gasteiger partial charge >= 0.3 is 35.5 Å². The molecule has 2 aliphatic rings. The zero-order valence-corrected chi connectivity index (χ0v) is 22.4. The maximum atomic E-state index is 11.8. The molecule has 0 saturated heterocycles. The molecule has 0 aromatic heterocycles. The van der Waals surface area contributed by atoms with Crippen LogP contribution in [0.5, 0.6) is 11.5 Å². The van der Waals surface area contributed by atoms with Crippen molar-refractivity contribution in [3.8, 4) is 11.5 Å². The van der Waals surface area contributed by atoms with E-state index in [-0.39, 0.29) is 42.1 Å². The van der Waals surface area contributed by atoms with Gasteiger partial charge in [0, 0.05) is 23.1 Å². The summed E-state index contributed by atoms with van der Waals surface area (Å²) in [5.74, 6) is 0.703. The molecule has 0 radical (unpaired) electrons. The maximum absolute atomic E-state index is 11.8. The average molecular weight is 446 g/mol. The number of benzene rings is 2. The Morgan fingerprint density at radius 1 is 1.19 bits per heavy atom. The molecule has 0 spiro atoms. The minimum Gasteiger partial charge on any atom is -1.00 e. The topological polar surface area (TPSA) is 68.1 Å². The SMILES string of the molecule is COc1cc2c(c3c1OC(C)(C)C3)C(c1cccc(C(C)(C)C(=O)O)c1)=NC(C)(C)C2.[H-].[Na+]. The van der Waals surface area contributed by atoms with Crippen molar-refractivity contribution in [1.82, 2.24) is 0 Å². The third-order valence-corrected chi connectivity index (χ3v) is 6.29. The van der Waals surface area contributed by atoms with Crippen molar-refractivity contribution < 1.29 is 50.4 Å². The van der Waals surface area contributed by atoms with Crippen molar-refractivity contribution in [3.05, 3.63) is 58.1 Å². The van der Waals surface area contributed by atoms with Crippen molar-refractivity contribution >= 4 is 11.7 Å². The van der Waals surface area contributed by atoms with Gasteiger partial charge in [-0.15, -0.1) is 0 Å². The van der Waals surface area contributed by atoms with Crippen molar-refractivity contribution in [2.45, 2.75) is 70.9 Å². The van der Waals surface area contributed by atoms with E-state index in [1.54, 1.807) is 21.0 Å². The summed E-state index contributed by atoms with van der Waals surface area (Å²) < 4.78 is 12.0. The molecule has 0 unspecified atom stereocenters. The molecule has 2 aromatic rings. The quantitative estimate of drug-likeness (QED) is 0.732. The summed E-state index contributed by atoms with van der Waals surface area (Å²) in [5, 5.41) is 9.72. The number of hydrogen-bond donors (Lipinski definition) is 1. The number of fused-ring (bicyclic) bond motifs is 3. The molecule has 0 amide bonds. The van der Waals surface area contributed by atoms with E-state index in [1.165, 1.54) is 5.56 Å². The first kappa shape index (κ1) is 24.8. The monoisotopic (exact) mass is 445 g/mol. The van der Waals surface area contributed by atoms with Crippen molar-refractivity contribution in [2.24, 2.45) is 4.99 Å². The van der Waals surface area contributed by atoms with Gasteiger partial charge in [0.2, 0.25) is 0 Å². The first-order chi connectivity index (χ1) is 14.3. The van der Waals surface area contributed by atoms with Crippen LogP contribution in [0.15, 0.2) is 35.3 Å². The predicted octanol–water partition coefficient (Wildman–Crippen LogP) is 2.06. The second-order valence-corrected chi connectivity index (χ2v) is 10.4. The molecule has 0 atom stereocenters. The van der Waals surface area contributed by atoms with E-state index in [9.17, 15) is 9.90 Å². The summed E-state index contributed by atoms with van der Waals surface area (Å²) in [6, 6.07) is 9.86. The van der Waals surface area contributed by atoms with Crippen LogP contribution in [-0.4, -0.2) is 35.0 Å². The number of rotatable bonds is 4. The van der Waals surface area contributed by atoms with Crippen molar-refractivity contribution in [3.63, 3.8) is 0 Å². The van der Waals surface area contributed by atoms with E-state index < -0.39 is 11.4 Å². The fourth-order valence-corrected chi connectivity index (χ4v) is 4.61. The van der Waals surface area contributed by atoms with E-state index in [1.807, 2.05) is 24.3 Å². The van der Waals surface area contributed by atoms with Crippen LogP contribution in [0.3, 0.4) is 0 Å². The molecule has 6 heteroatoms. The van der Waals surface area contributed by atoms with Gasteiger partial charge in [0.25, 0.3) is 0 Å². The molecule has 0 aliphatic carbocycles. The predicted molar refractivity (Wildman–Crippen MR) is 123 cm³/mol. The Morgan fingerprint density at radius 3 is 2.50 bits per heavy atom. The number of aliphatic carboxylic acids is 1. The third-order valence-electron chi connectivity index (χ3n) is 6.29. The molecule has 2 aromatic carbocycles. The fraction of sp³-hybridized carbons (Fsp3) is 0.462. The number of methoxy groups -OCH3 is 1. The summed E-state index contributed by atoms with van der Waals surface area (Å²) in [7, 11) is 1.68. The van der Waals surface area contributed by atoms with Gasteiger partial charge in [0.05, 0.1) is 23.8 Å². The summed E-state index contributed by atoms with van der Waals surface area (Å²) in [5.41, 5.74) is 4.40. The van der Waals surface area contributed by atoms with Gasteiger partial charge < -0.3 is 16.0 Å². The van der Waals surface area contributed by atoms with Crippen LogP contribution in [0.25, 0.3) is 0 Å². The molecule has 2 heterocycles. The molecular formula is C26H32NNaO4. The van der Waals surface area contributed by atoms with E-state index in [0.29, 0.717) is 0 Å². The van der Waals surface area contributed by atoms with E-state index in [2.05, 4.69) is 33.8 Å². The molecule has 1 N–H and O–H groups in total. The molecule has 0 fully saturated rings. The molecule has 32 heavy (non-hydrogen) atoms. The number of aliphatic imine (C=N–C) groups is 1. The zero-order chi connectivity index (χ0) is 22.8. The Kier molecular flexibility index (Phi) is 6.35. The first-order valence-electron chi connectivity index (χ1n) is 10.7. The summed E-state index contributed by atoms with van der Waals surface area (Å²) in [4.78, 5) is 17.0. The van der Waals surface area contributed by atoms with Crippen molar-refractivity contribution in [1.29, 1.82) is 0 Å². The molecular weight excluding hydrogens is 413 g/mol. The van der Waals surface area contributed by atoms with Gasteiger partial charge in [-0.3, -0.25) is 9.79 Å². The number of nitrogens with zero attached hydrogens (tertiary/aromatic N) is 1. The number of carboxylic acid groups (broad SMARTS) is 1. The summed E-state index contributed by atoms with van der Waals surface area (Å²) in [6.45, 7) is 11.9. The smallest absolute Gasteiger partial charge is 1.00 e. The van der Waals surface area contributed by atoms with Crippen LogP contribution in [0.2, 0.25) is 0 Å². The van der Waals surface area contributed by atoms with Crippen LogP contribution in [0.1, 0.15) is 70.8 Å². The van der Waals surface area contributed by atoms with E-state index >= 15 is 0 Å². The molecule has 0 bridgehead atoms. The van der Waals surface area contributed by atoms with Crippen LogP contribution in [0, 0.1) is 0 Å². The molecule has 5 nitrogen and oxygen atoms in total. The van der Waals surface area contributed by atoms with Gasteiger partial charge in [-0.2, -0.15) is 0 Å². The Bertz CT molecular complexity index is 1120. The largest absolute Gasteiger partial charge is 1.00 e. The number of carbonyl (C=O) groups is 1. The number of hydrogen-bond acceptors (Lipinski definition) is 4. The molecule has 4 rings (SSSR count). The van der Waals surface area contributed by atoms with Crippen LogP contribution in [-0.2, 0) is 23.1 Å². The minimum atomic E-state index is -0.990. The molecule has 166 valence electrons. The maximum Gasteiger partial charge on any atom is 1.00 e. The second kappa shape index (κ2) is 8.19. The van der Waals surface area contributed by atoms with E-state index in [0.717, 1.165) is 52.3 Å². The number of carboxylic acids is 1. The van der Waals surface area contributed by atoms with Crippen LogP contribution < -0.4 is 39.0 Å².